The molecule has 1 spiro atoms. The van der Waals surface area contributed by atoms with E-state index in [2.05, 4.69) is 11.8 Å². The second kappa shape index (κ2) is 12.9. The number of aromatic hydroxyl groups is 1. The fourth-order valence-electron chi connectivity index (χ4n) is 5.66. The average molecular weight is 519 g/mol. The molecule has 1 aromatic carbocycles. The zero-order valence-corrected chi connectivity index (χ0v) is 21.5. The van der Waals surface area contributed by atoms with Gasteiger partial charge in [-0.15, -0.1) is 0 Å². The fraction of sp³-hybridized carbons (Fsp3) is 0.630. The van der Waals surface area contributed by atoms with E-state index < -0.39 is 11.9 Å². The van der Waals surface area contributed by atoms with Gasteiger partial charge in [0.15, 0.2) is 0 Å². The number of benzene rings is 1. The highest BCUT2D eigenvalue weighted by molar-refractivity contribution is 6.27. The van der Waals surface area contributed by atoms with Crippen LogP contribution < -0.4 is 4.74 Å². The molecule has 0 aromatic heterocycles. The van der Waals surface area contributed by atoms with Gasteiger partial charge in [-0.2, -0.15) is 0 Å². The molecule has 3 N–H and O–H groups in total. The Morgan fingerprint density at radius 2 is 1.78 bits per heavy atom. The van der Waals surface area contributed by atoms with Gasteiger partial charge in [0.25, 0.3) is 0 Å². The van der Waals surface area contributed by atoms with Crippen LogP contribution in [0.15, 0.2) is 18.2 Å². The number of hydrogen-bond donors (Lipinski definition) is 3. The summed E-state index contributed by atoms with van der Waals surface area (Å²) in [6.45, 7) is 5.23. The Morgan fingerprint density at radius 3 is 2.43 bits per heavy atom. The molecule has 1 unspecified atom stereocenters. The minimum absolute atomic E-state index is 0.0325. The van der Waals surface area contributed by atoms with E-state index in [0.717, 1.165) is 75.8 Å². The van der Waals surface area contributed by atoms with Crippen molar-refractivity contribution in [2.45, 2.75) is 77.2 Å². The van der Waals surface area contributed by atoms with E-state index in [9.17, 15) is 14.7 Å². The van der Waals surface area contributed by atoms with Crippen molar-refractivity contribution in [1.29, 1.82) is 0 Å². The average Bonchev–Trinajstić information content (AvgIpc) is 3.10. The Morgan fingerprint density at radius 1 is 1.08 bits per heavy atom. The number of carbonyl (C=O) groups excluding carboxylic acids is 2. The lowest BCUT2D eigenvalue weighted by Gasteiger charge is -2.35. The molecular formula is C27H38N2O8. The third-order valence-corrected chi connectivity index (χ3v) is 7.57. The maximum absolute atomic E-state index is 13.0. The van der Waals surface area contributed by atoms with Gasteiger partial charge in [0.05, 0.1) is 5.41 Å². The predicted octanol–water partition coefficient (Wildman–Crippen LogP) is 3.05. The Balaban J connectivity index is 0.000000568. The van der Waals surface area contributed by atoms with Crippen LogP contribution >= 0.6 is 0 Å². The van der Waals surface area contributed by atoms with Crippen molar-refractivity contribution in [1.82, 2.24) is 9.80 Å². The number of imide groups is 1. The third-order valence-electron chi connectivity index (χ3n) is 7.57. The number of nitrogens with zero attached hydrogens (tertiary/aromatic N) is 2. The SMILES string of the molecule is CCCN(CCCCN1C(=O)CC2(CCCCC2)C1=O)C1COc2cccc(O)c2C1.O=C(O)C(=O)O. The summed E-state index contributed by atoms with van der Waals surface area (Å²) in [5, 5.41) is 25.0. The number of unbranched alkanes of at least 4 members (excludes halogenated alkanes) is 1. The van der Waals surface area contributed by atoms with E-state index >= 15 is 0 Å². The number of carboxylic acid groups (broad SMARTS) is 2. The molecular weight excluding hydrogens is 480 g/mol. The first kappa shape index (κ1) is 28.4. The molecule has 10 heteroatoms. The maximum Gasteiger partial charge on any atom is 0.414 e. The molecule has 204 valence electrons. The van der Waals surface area contributed by atoms with Crippen molar-refractivity contribution in [3.63, 3.8) is 0 Å². The molecule has 0 radical (unpaired) electrons. The standard InChI is InChI=1S/C25H36N2O4.C2H2O4/c1-2-13-26(19-16-20-21(28)9-8-10-22(20)31-18-19)14-6-7-15-27-23(29)17-25(24(27)30)11-4-3-5-12-25;3-1(4)2(5)6/h8-10,19,28H,2-7,11-18H2,1H3;(H,3,4)(H,5,6). The minimum atomic E-state index is -1.82. The monoisotopic (exact) mass is 518 g/mol. The quantitative estimate of drug-likeness (QED) is 0.269. The Labute approximate surface area is 217 Å². The number of hydrogen-bond acceptors (Lipinski definition) is 7. The number of carboxylic acids is 2. The molecule has 1 aliphatic carbocycles. The van der Waals surface area contributed by atoms with Gasteiger partial charge in [0, 0.05) is 24.6 Å². The number of rotatable bonds is 8. The molecule has 10 nitrogen and oxygen atoms in total. The number of aliphatic carboxylic acids is 2. The second-order valence-electron chi connectivity index (χ2n) is 10.1. The summed E-state index contributed by atoms with van der Waals surface area (Å²) in [6.07, 6.45) is 9.13. The topological polar surface area (TPSA) is 145 Å². The third kappa shape index (κ3) is 7.00. The van der Waals surface area contributed by atoms with Crippen LogP contribution in [0.2, 0.25) is 0 Å². The van der Waals surface area contributed by atoms with Gasteiger partial charge in [-0.1, -0.05) is 32.3 Å². The molecule has 0 bridgehead atoms. The number of amides is 2. The Hall–Kier alpha value is -3.14. The zero-order chi connectivity index (χ0) is 27.0. The molecule has 1 saturated heterocycles. The van der Waals surface area contributed by atoms with Crippen molar-refractivity contribution in [2.75, 3.05) is 26.2 Å². The summed E-state index contributed by atoms with van der Waals surface area (Å²) in [5.74, 6) is -2.43. The second-order valence-corrected chi connectivity index (χ2v) is 10.1. The fourth-order valence-corrected chi connectivity index (χ4v) is 5.66. The van der Waals surface area contributed by atoms with E-state index in [1.807, 2.05) is 12.1 Å². The van der Waals surface area contributed by atoms with E-state index in [0.29, 0.717) is 25.3 Å². The smallest absolute Gasteiger partial charge is 0.414 e. The summed E-state index contributed by atoms with van der Waals surface area (Å²) in [5.41, 5.74) is 0.518. The molecule has 4 rings (SSSR count). The van der Waals surface area contributed by atoms with Crippen molar-refractivity contribution in [2.24, 2.45) is 5.41 Å². The van der Waals surface area contributed by atoms with E-state index in [1.165, 1.54) is 6.42 Å². The predicted molar refractivity (Wildman–Crippen MR) is 134 cm³/mol. The maximum atomic E-state index is 13.0. The molecule has 1 saturated carbocycles. The van der Waals surface area contributed by atoms with Crippen LogP contribution in [0.1, 0.15) is 70.3 Å². The van der Waals surface area contributed by atoms with Gasteiger partial charge < -0.3 is 20.1 Å². The minimum Gasteiger partial charge on any atom is -0.508 e. The van der Waals surface area contributed by atoms with Crippen LogP contribution in [-0.4, -0.2) is 81.2 Å². The number of likely N-dealkylation sites (tertiary alicyclic amines) is 1. The van der Waals surface area contributed by atoms with Gasteiger partial charge in [0.1, 0.15) is 18.1 Å². The van der Waals surface area contributed by atoms with Crippen molar-refractivity contribution in [3.8, 4) is 11.5 Å². The first-order valence-electron chi connectivity index (χ1n) is 13.2. The van der Waals surface area contributed by atoms with Crippen LogP contribution in [0, 0.1) is 5.41 Å². The number of fused-ring (bicyclic) bond motifs is 1. The van der Waals surface area contributed by atoms with Gasteiger partial charge in [-0.25, -0.2) is 9.59 Å². The highest BCUT2D eigenvalue weighted by Gasteiger charge is 2.51. The molecule has 2 aliphatic heterocycles. The van der Waals surface area contributed by atoms with Gasteiger partial charge >= 0.3 is 11.9 Å². The van der Waals surface area contributed by atoms with E-state index in [4.69, 9.17) is 24.5 Å². The summed E-state index contributed by atoms with van der Waals surface area (Å²) in [7, 11) is 0. The summed E-state index contributed by atoms with van der Waals surface area (Å²) >= 11 is 0. The lowest BCUT2D eigenvalue weighted by atomic mass is 9.73. The van der Waals surface area contributed by atoms with Gasteiger partial charge in [-0.3, -0.25) is 19.4 Å². The highest BCUT2D eigenvalue weighted by atomic mass is 16.5. The first-order valence-corrected chi connectivity index (χ1v) is 13.2. The lowest BCUT2D eigenvalue weighted by molar-refractivity contribution is -0.159. The number of phenolic OH excluding ortho intramolecular Hbond substituents is 1. The summed E-state index contributed by atoms with van der Waals surface area (Å²) in [6, 6.07) is 5.69. The van der Waals surface area contributed by atoms with Crippen molar-refractivity contribution >= 4 is 23.8 Å². The van der Waals surface area contributed by atoms with Crippen LogP contribution in [0.4, 0.5) is 0 Å². The first-order chi connectivity index (χ1) is 17.7. The molecule has 37 heavy (non-hydrogen) atoms. The van der Waals surface area contributed by atoms with Crippen LogP contribution in [-0.2, 0) is 25.6 Å². The molecule has 2 amide bonds. The Bertz CT molecular complexity index is 977. The molecule has 1 atom stereocenters. The number of ether oxygens (including phenoxy) is 1. The molecule has 2 fully saturated rings. The van der Waals surface area contributed by atoms with E-state index in [-0.39, 0.29) is 23.3 Å². The van der Waals surface area contributed by atoms with E-state index in [1.54, 1.807) is 11.0 Å². The number of carbonyl (C=O) groups is 4. The zero-order valence-electron chi connectivity index (χ0n) is 21.5. The lowest BCUT2D eigenvalue weighted by Crippen LogP contribution is -2.44. The number of phenols is 1. The largest absolute Gasteiger partial charge is 0.508 e. The van der Waals surface area contributed by atoms with Crippen LogP contribution in [0.25, 0.3) is 0 Å². The van der Waals surface area contributed by atoms with Crippen LogP contribution in [0.3, 0.4) is 0 Å². The highest BCUT2D eigenvalue weighted by Crippen LogP contribution is 2.45. The molecule has 3 aliphatic rings. The Kier molecular flexibility index (Phi) is 9.91. The molecule has 1 aromatic rings. The van der Waals surface area contributed by atoms with Gasteiger partial charge in [-0.05, 0) is 63.7 Å². The van der Waals surface area contributed by atoms with Crippen molar-refractivity contribution in [3.05, 3.63) is 23.8 Å². The summed E-state index contributed by atoms with van der Waals surface area (Å²) < 4.78 is 5.92. The van der Waals surface area contributed by atoms with Crippen molar-refractivity contribution < 1.29 is 39.2 Å². The summed E-state index contributed by atoms with van der Waals surface area (Å²) in [4.78, 5) is 47.7. The molecule has 2 heterocycles. The van der Waals surface area contributed by atoms with Crippen LogP contribution in [0.5, 0.6) is 11.5 Å². The normalized spacial score (nSPS) is 20.3. The van der Waals surface area contributed by atoms with Gasteiger partial charge in [0.2, 0.25) is 11.8 Å².